The van der Waals surface area contributed by atoms with Gasteiger partial charge in [0.1, 0.15) is 6.61 Å². The number of carbonyl (C=O) groups excluding carboxylic acids is 1. The summed E-state index contributed by atoms with van der Waals surface area (Å²) in [7, 11) is 0. The fraction of sp³-hybridized carbons (Fsp3) is 0.267. The third kappa shape index (κ3) is 5.06. The van der Waals surface area contributed by atoms with Gasteiger partial charge in [0.15, 0.2) is 0 Å². The van der Waals surface area contributed by atoms with Gasteiger partial charge in [-0.05, 0) is 65.5 Å². The topological polar surface area (TPSA) is 51.2 Å². The number of hydrogen-bond acceptors (Lipinski definition) is 4. The Bertz CT molecular complexity index is 1350. The molecule has 1 N–H and O–H groups in total. The lowest BCUT2D eigenvalue weighted by Gasteiger charge is -2.14. The first-order valence-corrected chi connectivity index (χ1v) is 13.3. The molecule has 1 fully saturated rings. The molecule has 6 rings (SSSR count). The minimum Gasteiger partial charge on any atom is -0.445 e. The zero-order chi connectivity index (χ0) is 23.6. The maximum absolute atomic E-state index is 12.5. The van der Waals surface area contributed by atoms with Crippen molar-refractivity contribution in [2.45, 2.75) is 54.9 Å². The van der Waals surface area contributed by atoms with E-state index in [1.54, 1.807) is 0 Å². The summed E-state index contributed by atoms with van der Waals surface area (Å²) in [5.74, 6) is 1.54. The van der Waals surface area contributed by atoms with Gasteiger partial charge in [0.25, 0.3) is 0 Å². The van der Waals surface area contributed by atoms with E-state index in [1.165, 1.54) is 50.9 Å². The molecule has 1 aromatic heterocycles. The van der Waals surface area contributed by atoms with Crippen molar-refractivity contribution in [3.8, 4) is 0 Å². The molecule has 1 atom stereocenters. The minimum atomic E-state index is -0.354. The van der Waals surface area contributed by atoms with Gasteiger partial charge < -0.3 is 10.1 Å². The number of nitrogens with zero attached hydrogens (tertiary/aromatic N) is 1. The van der Waals surface area contributed by atoms with Crippen molar-refractivity contribution in [3.05, 3.63) is 107 Å². The Morgan fingerprint density at radius 1 is 0.971 bits per heavy atom. The molecule has 2 aliphatic carbocycles. The lowest BCUT2D eigenvalue weighted by atomic mass is 10.0. The summed E-state index contributed by atoms with van der Waals surface area (Å²) in [6.07, 6.45) is 5.82. The van der Waals surface area contributed by atoms with Gasteiger partial charge in [-0.3, -0.25) is 4.98 Å². The number of carbonyl (C=O) groups is 1. The Kier molecular flexibility index (Phi) is 6.17. The second kappa shape index (κ2) is 9.74. The summed E-state index contributed by atoms with van der Waals surface area (Å²) in [6, 6.07) is 25.0. The molecule has 1 saturated carbocycles. The lowest BCUT2D eigenvalue weighted by Crippen LogP contribution is -2.35. The van der Waals surface area contributed by atoms with Crippen LogP contribution in [0.25, 0.3) is 10.8 Å². The predicted molar refractivity (Wildman–Crippen MR) is 141 cm³/mol. The maximum atomic E-state index is 12.5. The average Bonchev–Trinajstić information content (AvgIpc) is 3.67. The Hall–Kier alpha value is -3.31. The largest absolute Gasteiger partial charge is 0.445 e. The molecule has 0 spiro atoms. The molecular formula is C30H28N2O2S. The summed E-state index contributed by atoms with van der Waals surface area (Å²) in [4.78, 5) is 18.6. The quantitative estimate of drug-likeness (QED) is 0.296. The van der Waals surface area contributed by atoms with Crippen molar-refractivity contribution >= 4 is 28.6 Å². The summed E-state index contributed by atoms with van der Waals surface area (Å²) in [6.45, 7) is 0.282. The van der Waals surface area contributed by atoms with E-state index in [0.717, 1.165) is 24.2 Å². The molecule has 2 aliphatic rings. The van der Waals surface area contributed by atoms with Gasteiger partial charge in [-0.25, -0.2) is 4.79 Å². The fourth-order valence-corrected chi connectivity index (χ4v) is 6.12. The van der Waals surface area contributed by atoms with E-state index in [1.807, 2.05) is 48.3 Å². The molecule has 4 aromatic rings. The maximum Gasteiger partial charge on any atom is 0.407 e. The number of thioether (sulfide) groups is 1. The van der Waals surface area contributed by atoms with E-state index in [0.29, 0.717) is 5.92 Å². The summed E-state index contributed by atoms with van der Waals surface area (Å²) >= 11 is 1.91. The van der Waals surface area contributed by atoms with Crippen LogP contribution in [-0.4, -0.2) is 17.1 Å². The van der Waals surface area contributed by atoms with Gasteiger partial charge in [0.2, 0.25) is 0 Å². The summed E-state index contributed by atoms with van der Waals surface area (Å²) in [5.41, 5.74) is 6.19. The highest BCUT2D eigenvalue weighted by Crippen LogP contribution is 2.43. The molecule has 176 valence electrons. The Labute approximate surface area is 210 Å². The van der Waals surface area contributed by atoms with E-state index >= 15 is 0 Å². The molecule has 1 unspecified atom stereocenters. The van der Waals surface area contributed by atoms with Crippen molar-refractivity contribution in [1.82, 2.24) is 10.3 Å². The molecule has 0 radical (unpaired) electrons. The number of rotatable bonds is 7. The van der Waals surface area contributed by atoms with Crippen molar-refractivity contribution in [2.75, 3.05) is 0 Å². The van der Waals surface area contributed by atoms with E-state index in [-0.39, 0.29) is 18.7 Å². The molecule has 35 heavy (non-hydrogen) atoms. The highest BCUT2D eigenvalue weighted by Gasteiger charge is 2.29. The minimum absolute atomic E-state index is 0.0389. The molecule has 0 bridgehead atoms. The number of amides is 1. The zero-order valence-electron chi connectivity index (χ0n) is 19.6. The number of hydrogen-bond donors (Lipinski definition) is 1. The predicted octanol–water partition coefficient (Wildman–Crippen LogP) is 6.80. The average molecular weight is 481 g/mol. The first-order chi connectivity index (χ1) is 17.2. The van der Waals surface area contributed by atoms with E-state index < -0.39 is 0 Å². The molecule has 1 heterocycles. The van der Waals surface area contributed by atoms with E-state index in [2.05, 4.69) is 47.8 Å². The van der Waals surface area contributed by atoms with Crippen LogP contribution >= 0.6 is 11.8 Å². The van der Waals surface area contributed by atoms with Crippen molar-refractivity contribution in [3.63, 3.8) is 0 Å². The first kappa shape index (κ1) is 22.2. The van der Waals surface area contributed by atoms with Crippen LogP contribution < -0.4 is 5.32 Å². The van der Waals surface area contributed by atoms with E-state index in [4.69, 9.17) is 9.72 Å². The van der Waals surface area contributed by atoms with E-state index in [9.17, 15) is 4.79 Å². The molecule has 3 aromatic carbocycles. The van der Waals surface area contributed by atoms with Crippen molar-refractivity contribution < 1.29 is 9.53 Å². The number of fused-ring (bicyclic) bond motifs is 2. The Morgan fingerprint density at radius 2 is 1.71 bits per heavy atom. The SMILES string of the molecule is O=C(NC1Cc2cc3cnc(C4CC4)cc3c(SCc3ccccc3)c2C1)OCc1ccccc1. The third-order valence-electron chi connectivity index (χ3n) is 6.87. The third-order valence-corrected chi connectivity index (χ3v) is 8.10. The van der Waals surface area contributed by atoms with Gasteiger partial charge >= 0.3 is 6.09 Å². The molecule has 0 aliphatic heterocycles. The van der Waals surface area contributed by atoms with Crippen LogP contribution in [0, 0.1) is 0 Å². The Balaban J connectivity index is 1.23. The van der Waals surface area contributed by atoms with Crippen LogP contribution in [0.5, 0.6) is 0 Å². The number of alkyl carbamates (subject to hydrolysis) is 1. The van der Waals surface area contributed by atoms with Crippen molar-refractivity contribution in [2.24, 2.45) is 0 Å². The van der Waals surface area contributed by atoms with Gasteiger partial charge in [0.05, 0.1) is 0 Å². The standard InChI is InChI=1S/C30H28N2O2S/c33-30(34-18-20-7-3-1-4-8-20)32-25-14-23-13-24-17-31-28(22-11-12-22)16-27(24)29(26(23)15-25)35-19-21-9-5-2-6-10-21/h1-10,13,16-17,22,25H,11-12,14-15,18-19H2,(H,32,33). The van der Waals surface area contributed by atoms with Gasteiger partial charge in [-0.15, -0.1) is 11.8 Å². The zero-order valence-corrected chi connectivity index (χ0v) is 20.4. The second-order valence-electron chi connectivity index (χ2n) is 9.53. The molecule has 5 heteroatoms. The fourth-order valence-electron chi connectivity index (χ4n) is 4.90. The lowest BCUT2D eigenvalue weighted by molar-refractivity contribution is 0.136. The van der Waals surface area contributed by atoms with Crippen LogP contribution in [-0.2, 0) is 29.9 Å². The number of aromatic nitrogens is 1. The molecule has 0 saturated heterocycles. The number of pyridine rings is 1. The Morgan fingerprint density at radius 3 is 2.46 bits per heavy atom. The number of ether oxygens (including phenoxy) is 1. The van der Waals surface area contributed by atoms with Crippen LogP contribution in [0.4, 0.5) is 4.79 Å². The van der Waals surface area contributed by atoms with Crippen LogP contribution in [0.3, 0.4) is 0 Å². The monoisotopic (exact) mass is 480 g/mol. The van der Waals surface area contributed by atoms with Gasteiger partial charge in [-0.2, -0.15) is 0 Å². The number of nitrogens with one attached hydrogen (secondary N) is 1. The second-order valence-corrected chi connectivity index (χ2v) is 10.5. The van der Waals surface area contributed by atoms with Crippen molar-refractivity contribution in [1.29, 1.82) is 0 Å². The van der Waals surface area contributed by atoms with Crippen LogP contribution in [0.2, 0.25) is 0 Å². The summed E-state index contributed by atoms with van der Waals surface area (Å²) in [5, 5.41) is 5.60. The van der Waals surface area contributed by atoms with Crippen LogP contribution in [0.1, 0.15) is 46.7 Å². The highest BCUT2D eigenvalue weighted by molar-refractivity contribution is 7.98. The van der Waals surface area contributed by atoms with Crippen LogP contribution in [0.15, 0.2) is 83.9 Å². The smallest absolute Gasteiger partial charge is 0.407 e. The molecule has 4 nitrogen and oxygen atoms in total. The normalized spacial score (nSPS) is 16.7. The van der Waals surface area contributed by atoms with Gasteiger partial charge in [0, 0.05) is 39.9 Å². The number of benzene rings is 3. The highest BCUT2D eigenvalue weighted by atomic mass is 32.2. The van der Waals surface area contributed by atoms with Gasteiger partial charge in [-0.1, -0.05) is 60.7 Å². The molecular weight excluding hydrogens is 452 g/mol. The first-order valence-electron chi connectivity index (χ1n) is 12.3. The summed E-state index contributed by atoms with van der Waals surface area (Å²) < 4.78 is 5.49. The molecule has 1 amide bonds.